The fraction of sp³-hybridized carbons (Fsp3) is 0.273. The van der Waals surface area contributed by atoms with E-state index in [1.165, 1.54) is 24.3 Å². The Morgan fingerprint density at radius 1 is 1.00 bits per heavy atom. The van der Waals surface area contributed by atoms with Crippen molar-refractivity contribution in [3.05, 3.63) is 52.7 Å². The zero-order chi connectivity index (χ0) is 21.5. The molecule has 4 N–H and O–H groups in total. The second-order valence-corrected chi connectivity index (χ2v) is 6.88. The van der Waals surface area contributed by atoms with Crippen molar-refractivity contribution in [1.29, 1.82) is 0 Å². The van der Waals surface area contributed by atoms with Gasteiger partial charge in [-0.15, -0.1) is 0 Å². The van der Waals surface area contributed by atoms with Crippen molar-refractivity contribution in [3.8, 4) is 28.6 Å². The first-order valence-electron chi connectivity index (χ1n) is 9.64. The largest absolute Gasteiger partial charge is 0.508 e. The number of amides is 1. The molecule has 1 heterocycles. The smallest absolute Gasteiger partial charge is 0.243 e. The maximum atomic E-state index is 12.4. The molecule has 0 spiro atoms. The van der Waals surface area contributed by atoms with Crippen molar-refractivity contribution in [2.75, 3.05) is 6.61 Å². The van der Waals surface area contributed by atoms with Gasteiger partial charge in [-0.2, -0.15) is 0 Å². The summed E-state index contributed by atoms with van der Waals surface area (Å²) < 4.78 is 11.5. The summed E-state index contributed by atoms with van der Waals surface area (Å²) in [6.07, 6.45) is 3.37. The molecule has 0 unspecified atom stereocenters. The second-order valence-electron chi connectivity index (χ2n) is 6.88. The summed E-state index contributed by atoms with van der Waals surface area (Å²) in [5.74, 6) is 0.183. The van der Waals surface area contributed by atoms with Crippen LogP contribution < -0.4 is 15.6 Å². The van der Waals surface area contributed by atoms with Crippen molar-refractivity contribution >= 4 is 16.9 Å². The molecule has 3 rings (SSSR count). The topological polar surface area (TPSA) is 129 Å². The molecule has 8 nitrogen and oxygen atoms in total. The summed E-state index contributed by atoms with van der Waals surface area (Å²) in [6.45, 7) is 0.402. The summed E-state index contributed by atoms with van der Waals surface area (Å²) in [6, 6.07) is 10.5. The lowest BCUT2D eigenvalue weighted by Crippen LogP contribution is -2.17. The molecular weight excluding hydrogens is 390 g/mol. The van der Waals surface area contributed by atoms with Crippen molar-refractivity contribution in [2.45, 2.75) is 32.1 Å². The standard InChI is InChI=1S/C22H23NO7/c24-15-8-6-14(7-9-15)19-13-18(26)22-17(25)11-16(12-20(22)30-19)29-10-4-2-1-3-5-21(27)23-28/h6-9,11-13,24-25,28H,1-5,10H2,(H,23,27). The molecule has 0 atom stereocenters. The Morgan fingerprint density at radius 3 is 2.47 bits per heavy atom. The van der Waals surface area contributed by atoms with E-state index in [0.717, 1.165) is 19.3 Å². The van der Waals surface area contributed by atoms with Crippen molar-refractivity contribution in [1.82, 2.24) is 5.48 Å². The third-order valence-corrected chi connectivity index (χ3v) is 4.63. The summed E-state index contributed by atoms with van der Waals surface area (Å²) in [4.78, 5) is 23.4. The summed E-state index contributed by atoms with van der Waals surface area (Å²) in [7, 11) is 0. The SMILES string of the molecule is O=C(CCCCCCOc1cc(O)c2c(=O)cc(-c3ccc(O)cc3)oc2c1)NO. The summed E-state index contributed by atoms with van der Waals surface area (Å²) in [5.41, 5.74) is 2.04. The predicted molar refractivity (Wildman–Crippen MR) is 110 cm³/mol. The van der Waals surface area contributed by atoms with Crippen LogP contribution in [0.3, 0.4) is 0 Å². The van der Waals surface area contributed by atoms with Crippen LogP contribution in [0.15, 0.2) is 51.7 Å². The van der Waals surface area contributed by atoms with Gasteiger partial charge in [0.05, 0.1) is 6.61 Å². The van der Waals surface area contributed by atoms with Crippen LogP contribution in [-0.4, -0.2) is 27.9 Å². The maximum absolute atomic E-state index is 12.4. The first-order valence-corrected chi connectivity index (χ1v) is 9.64. The van der Waals surface area contributed by atoms with Gasteiger partial charge in [0.15, 0.2) is 5.43 Å². The number of unbranched alkanes of at least 4 members (excludes halogenated alkanes) is 3. The molecule has 0 saturated heterocycles. The monoisotopic (exact) mass is 413 g/mol. The van der Waals surface area contributed by atoms with E-state index in [2.05, 4.69) is 0 Å². The minimum atomic E-state index is -0.397. The maximum Gasteiger partial charge on any atom is 0.243 e. The molecule has 0 aliphatic heterocycles. The highest BCUT2D eigenvalue weighted by Crippen LogP contribution is 2.31. The summed E-state index contributed by atoms with van der Waals surface area (Å²) in [5, 5.41) is 28.2. The summed E-state index contributed by atoms with van der Waals surface area (Å²) >= 11 is 0. The van der Waals surface area contributed by atoms with Gasteiger partial charge in [-0.1, -0.05) is 12.8 Å². The molecule has 0 radical (unpaired) electrons. The minimum Gasteiger partial charge on any atom is -0.508 e. The lowest BCUT2D eigenvalue weighted by atomic mass is 10.1. The molecule has 8 heteroatoms. The van der Waals surface area contributed by atoms with E-state index in [4.69, 9.17) is 14.4 Å². The molecule has 0 saturated carbocycles. The average Bonchev–Trinajstić information content (AvgIpc) is 2.72. The van der Waals surface area contributed by atoms with Crippen LogP contribution in [0.2, 0.25) is 0 Å². The van der Waals surface area contributed by atoms with Gasteiger partial charge in [0.1, 0.15) is 34.0 Å². The Labute approximate surface area is 172 Å². The molecule has 158 valence electrons. The van der Waals surface area contributed by atoms with Gasteiger partial charge in [-0.3, -0.25) is 14.8 Å². The van der Waals surface area contributed by atoms with Crippen LogP contribution in [0.4, 0.5) is 0 Å². The number of aromatic hydroxyl groups is 2. The van der Waals surface area contributed by atoms with E-state index in [1.807, 2.05) is 0 Å². The first-order chi connectivity index (χ1) is 14.5. The van der Waals surface area contributed by atoms with Gasteiger partial charge < -0.3 is 19.4 Å². The Morgan fingerprint density at radius 2 is 1.73 bits per heavy atom. The number of hydrogen-bond donors (Lipinski definition) is 4. The van der Waals surface area contributed by atoms with E-state index in [0.29, 0.717) is 30.1 Å². The number of phenolic OH excluding ortho intramolecular Hbond substituents is 2. The Bertz CT molecular complexity index is 1070. The highest BCUT2D eigenvalue weighted by Gasteiger charge is 2.13. The molecule has 30 heavy (non-hydrogen) atoms. The number of carbonyl (C=O) groups is 1. The number of benzene rings is 2. The molecule has 1 aromatic heterocycles. The minimum absolute atomic E-state index is 0.0760. The number of rotatable bonds is 9. The van der Waals surface area contributed by atoms with Gasteiger partial charge in [-0.05, 0) is 37.1 Å². The van der Waals surface area contributed by atoms with Crippen molar-refractivity contribution in [2.24, 2.45) is 0 Å². The quantitative estimate of drug-likeness (QED) is 0.239. The lowest BCUT2D eigenvalue weighted by Gasteiger charge is -2.09. The highest BCUT2D eigenvalue weighted by atomic mass is 16.5. The van der Waals surface area contributed by atoms with Gasteiger partial charge in [-0.25, -0.2) is 5.48 Å². The fourth-order valence-electron chi connectivity index (χ4n) is 3.08. The van der Waals surface area contributed by atoms with Crippen molar-refractivity contribution < 1.29 is 29.4 Å². The average molecular weight is 413 g/mol. The van der Waals surface area contributed by atoms with Gasteiger partial charge in [0, 0.05) is 30.2 Å². The Hall–Kier alpha value is -3.52. The number of nitrogens with one attached hydrogen (secondary N) is 1. The molecular formula is C22H23NO7. The Balaban J connectivity index is 1.67. The number of hydroxylamine groups is 1. The van der Waals surface area contributed by atoms with Gasteiger partial charge in [0.2, 0.25) is 5.91 Å². The third kappa shape index (κ3) is 5.30. The van der Waals surface area contributed by atoms with Gasteiger partial charge in [0.25, 0.3) is 0 Å². The predicted octanol–water partition coefficient (Wildman–Crippen LogP) is 3.71. The molecule has 0 bridgehead atoms. The van der Waals surface area contributed by atoms with E-state index in [1.54, 1.807) is 23.7 Å². The van der Waals surface area contributed by atoms with Crippen LogP contribution in [0.25, 0.3) is 22.3 Å². The Kier molecular flexibility index (Phi) is 6.92. The zero-order valence-electron chi connectivity index (χ0n) is 16.3. The molecule has 0 fully saturated rings. The second kappa shape index (κ2) is 9.80. The molecule has 0 aliphatic carbocycles. The zero-order valence-corrected chi connectivity index (χ0v) is 16.3. The van der Waals surface area contributed by atoms with Crippen LogP contribution in [0.1, 0.15) is 32.1 Å². The number of fused-ring (bicyclic) bond motifs is 1. The molecule has 3 aromatic rings. The first kappa shape index (κ1) is 21.2. The number of carbonyl (C=O) groups excluding carboxylic acids is 1. The molecule has 1 amide bonds. The van der Waals surface area contributed by atoms with E-state index >= 15 is 0 Å². The van der Waals surface area contributed by atoms with Crippen LogP contribution >= 0.6 is 0 Å². The number of ether oxygens (including phenoxy) is 1. The highest BCUT2D eigenvalue weighted by molar-refractivity contribution is 5.86. The fourth-order valence-corrected chi connectivity index (χ4v) is 3.08. The number of phenols is 2. The third-order valence-electron chi connectivity index (χ3n) is 4.63. The van der Waals surface area contributed by atoms with E-state index in [-0.39, 0.29) is 34.3 Å². The molecule has 2 aromatic carbocycles. The lowest BCUT2D eigenvalue weighted by molar-refractivity contribution is -0.129. The van der Waals surface area contributed by atoms with E-state index in [9.17, 15) is 19.8 Å². The van der Waals surface area contributed by atoms with Crippen LogP contribution in [-0.2, 0) is 4.79 Å². The number of hydrogen-bond acceptors (Lipinski definition) is 7. The van der Waals surface area contributed by atoms with Gasteiger partial charge >= 0.3 is 0 Å². The van der Waals surface area contributed by atoms with Crippen LogP contribution in [0.5, 0.6) is 17.2 Å². The normalized spacial score (nSPS) is 10.8. The van der Waals surface area contributed by atoms with Crippen LogP contribution in [0, 0.1) is 0 Å². The molecule has 0 aliphatic rings. The van der Waals surface area contributed by atoms with Crippen molar-refractivity contribution in [3.63, 3.8) is 0 Å². The van der Waals surface area contributed by atoms with E-state index < -0.39 is 5.91 Å².